The standard InChI is InChI=1S/C19H19ClN2O5S/c1-2-22-15-10-14(20)17(11-16(15)27-18(22)23)28(25,26)21-9-8-19(24,12-21)13-6-4-3-5-7-13/h3-7,10-11,24H,2,8-9,12H2,1H3. The lowest BCUT2D eigenvalue weighted by atomic mass is 9.93. The van der Waals surface area contributed by atoms with E-state index >= 15 is 0 Å². The molecule has 4 rings (SSSR count). The van der Waals surface area contributed by atoms with Crippen molar-refractivity contribution in [2.24, 2.45) is 0 Å². The van der Waals surface area contributed by atoms with Crippen LogP contribution in [0.5, 0.6) is 0 Å². The maximum Gasteiger partial charge on any atom is 0.419 e. The van der Waals surface area contributed by atoms with Gasteiger partial charge in [0.25, 0.3) is 0 Å². The van der Waals surface area contributed by atoms with Crippen LogP contribution in [0.4, 0.5) is 0 Å². The topological polar surface area (TPSA) is 92.8 Å². The molecule has 0 saturated carbocycles. The number of β-amino-alcohol motifs (C(OH)–C–C–N with tert-alkyl or cyclic N) is 1. The molecule has 0 amide bonds. The fourth-order valence-corrected chi connectivity index (χ4v) is 5.65. The van der Waals surface area contributed by atoms with Crippen LogP contribution in [0, 0.1) is 0 Å². The fraction of sp³-hybridized carbons (Fsp3) is 0.316. The number of aryl methyl sites for hydroxylation is 1. The first-order valence-electron chi connectivity index (χ1n) is 8.87. The molecular formula is C19H19ClN2O5S. The molecule has 1 aliphatic heterocycles. The van der Waals surface area contributed by atoms with E-state index in [1.165, 1.54) is 21.0 Å². The van der Waals surface area contributed by atoms with E-state index in [1.54, 1.807) is 31.2 Å². The lowest BCUT2D eigenvalue weighted by Gasteiger charge is -2.24. The first kappa shape index (κ1) is 19.2. The molecule has 28 heavy (non-hydrogen) atoms. The molecule has 3 aromatic rings. The zero-order chi connectivity index (χ0) is 20.1. The van der Waals surface area contributed by atoms with E-state index in [9.17, 15) is 18.3 Å². The Kier molecular flexibility index (Phi) is 4.62. The number of fused-ring (bicyclic) bond motifs is 1. The van der Waals surface area contributed by atoms with Gasteiger partial charge >= 0.3 is 5.76 Å². The molecule has 2 aromatic carbocycles. The third-order valence-corrected chi connectivity index (χ3v) is 7.49. The minimum Gasteiger partial charge on any atom is -0.408 e. The van der Waals surface area contributed by atoms with Gasteiger partial charge in [-0.05, 0) is 25.0 Å². The summed E-state index contributed by atoms with van der Waals surface area (Å²) in [5, 5.41) is 11.0. The summed E-state index contributed by atoms with van der Waals surface area (Å²) in [5.41, 5.74) is 0.00879. The van der Waals surface area contributed by atoms with E-state index in [2.05, 4.69) is 0 Å². The number of sulfonamides is 1. The summed E-state index contributed by atoms with van der Waals surface area (Å²) in [4.78, 5) is 11.8. The Morgan fingerprint density at radius 3 is 2.64 bits per heavy atom. The largest absolute Gasteiger partial charge is 0.419 e. The number of nitrogens with zero attached hydrogens (tertiary/aromatic N) is 2. The van der Waals surface area contributed by atoms with Crippen molar-refractivity contribution in [2.45, 2.75) is 30.4 Å². The molecule has 1 aromatic heterocycles. The fourth-order valence-electron chi connectivity index (χ4n) is 3.65. The predicted octanol–water partition coefficient (Wildman–Crippen LogP) is 2.55. The molecule has 0 bridgehead atoms. The number of halogens is 1. The number of benzene rings is 2. The number of hydrogen-bond donors (Lipinski definition) is 1. The van der Waals surface area contributed by atoms with Crippen molar-refractivity contribution in [3.63, 3.8) is 0 Å². The Labute approximate surface area is 166 Å². The van der Waals surface area contributed by atoms with Gasteiger partial charge < -0.3 is 9.52 Å². The molecule has 7 nitrogen and oxygen atoms in total. The highest BCUT2D eigenvalue weighted by Gasteiger charge is 2.43. The summed E-state index contributed by atoms with van der Waals surface area (Å²) in [5.74, 6) is -0.567. The Morgan fingerprint density at radius 2 is 1.96 bits per heavy atom. The van der Waals surface area contributed by atoms with Crippen molar-refractivity contribution in [3.05, 3.63) is 63.6 Å². The van der Waals surface area contributed by atoms with Crippen LogP contribution in [-0.2, 0) is 22.2 Å². The molecule has 1 saturated heterocycles. The molecule has 1 aliphatic rings. The monoisotopic (exact) mass is 422 g/mol. The van der Waals surface area contributed by atoms with Gasteiger partial charge in [-0.2, -0.15) is 4.31 Å². The highest BCUT2D eigenvalue weighted by atomic mass is 35.5. The Hall–Kier alpha value is -2.13. The highest BCUT2D eigenvalue weighted by Crippen LogP contribution is 2.37. The molecule has 0 aliphatic carbocycles. The summed E-state index contributed by atoms with van der Waals surface area (Å²) >= 11 is 6.27. The number of oxazole rings is 1. The van der Waals surface area contributed by atoms with E-state index in [1.807, 2.05) is 6.07 Å². The summed E-state index contributed by atoms with van der Waals surface area (Å²) < 4.78 is 34.1. The Morgan fingerprint density at radius 1 is 1.25 bits per heavy atom. The Bertz CT molecular complexity index is 1200. The maximum absolute atomic E-state index is 13.2. The molecule has 0 radical (unpaired) electrons. The highest BCUT2D eigenvalue weighted by molar-refractivity contribution is 7.89. The van der Waals surface area contributed by atoms with Crippen LogP contribution >= 0.6 is 11.6 Å². The van der Waals surface area contributed by atoms with Crippen LogP contribution in [0.1, 0.15) is 18.9 Å². The minimum absolute atomic E-state index is 0.00523. The van der Waals surface area contributed by atoms with E-state index in [0.29, 0.717) is 17.6 Å². The van der Waals surface area contributed by atoms with Crippen LogP contribution < -0.4 is 5.76 Å². The number of hydrogen-bond acceptors (Lipinski definition) is 5. The number of aromatic nitrogens is 1. The van der Waals surface area contributed by atoms with Gasteiger partial charge in [0.2, 0.25) is 10.0 Å². The van der Waals surface area contributed by atoms with Gasteiger partial charge in [-0.25, -0.2) is 13.2 Å². The second-order valence-electron chi connectivity index (χ2n) is 6.85. The van der Waals surface area contributed by atoms with E-state index in [4.69, 9.17) is 16.0 Å². The summed E-state index contributed by atoms with van der Waals surface area (Å²) in [6.07, 6.45) is 0.275. The van der Waals surface area contributed by atoms with E-state index in [0.717, 1.165) is 0 Å². The summed E-state index contributed by atoms with van der Waals surface area (Å²) in [7, 11) is -3.98. The molecule has 9 heteroatoms. The smallest absolute Gasteiger partial charge is 0.408 e. The van der Waals surface area contributed by atoms with Crippen molar-refractivity contribution in [2.75, 3.05) is 13.1 Å². The van der Waals surface area contributed by atoms with Crippen LogP contribution in [0.2, 0.25) is 5.02 Å². The molecule has 2 heterocycles. The van der Waals surface area contributed by atoms with Gasteiger partial charge in [0.15, 0.2) is 5.58 Å². The quantitative estimate of drug-likeness (QED) is 0.697. The molecule has 0 spiro atoms. The zero-order valence-electron chi connectivity index (χ0n) is 15.1. The van der Waals surface area contributed by atoms with Crippen molar-refractivity contribution in [1.29, 1.82) is 0 Å². The summed E-state index contributed by atoms with van der Waals surface area (Å²) in [6, 6.07) is 11.7. The molecular weight excluding hydrogens is 404 g/mol. The first-order valence-corrected chi connectivity index (χ1v) is 10.7. The predicted molar refractivity (Wildman–Crippen MR) is 105 cm³/mol. The minimum atomic E-state index is -3.98. The van der Waals surface area contributed by atoms with Crippen molar-refractivity contribution >= 4 is 32.7 Å². The van der Waals surface area contributed by atoms with Gasteiger partial charge in [-0.1, -0.05) is 41.9 Å². The van der Waals surface area contributed by atoms with E-state index in [-0.39, 0.29) is 35.0 Å². The average Bonchev–Trinajstić information content (AvgIpc) is 3.22. The van der Waals surface area contributed by atoms with Crippen LogP contribution in [0.3, 0.4) is 0 Å². The third kappa shape index (κ3) is 2.97. The number of rotatable bonds is 4. The van der Waals surface area contributed by atoms with Gasteiger partial charge in [-0.15, -0.1) is 0 Å². The SMILES string of the molecule is CCn1c(=O)oc2cc(S(=O)(=O)N3CCC(O)(c4ccccc4)C3)c(Cl)cc21. The van der Waals surface area contributed by atoms with Crippen molar-refractivity contribution in [3.8, 4) is 0 Å². The normalized spacial score (nSPS) is 20.8. The second-order valence-corrected chi connectivity index (χ2v) is 9.16. The summed E-state index contributed by atoms with van der Waals surface area (Å²) in [6.45, 7) is 2.24. The van der Waals surface area contributed by atoms with Crippen molar-refractivity contribution < 1.29 is 17.9 Å². The van der Waals surface area contributed by atoms with Crippen molar-refractivity contribution in [1.82, 2.24) is 8.87 Å². The van der Waals surface area contributed by atoms with Crippen LogP contribution in [-0.4, -0.2) is 35.5 Å². The molecule has 1 atom stereocenters. The molecule has 1 N–H and O–H groups in total. The van der Waals surface area contributed by atoms with Crippen LogP contribution in [0.25, 0.3) is 11.1 Å². The molecule has 148 valence electrons. The van der Waals surface area contributed by atoms with Gasteiger partial charge in [0.1, 0.15) is 10.5 Å². The average molecular weight is 423 g/mol. The third-order valence-electron chi connectivity index (χ3n) is 5.18. The Balaban J connectivity index is 1.73. The van der Waals surface area contributed by atoms with E-state index < -0.39 is 21.4 Å². The zero-order valence-corrected chi connectivity index (χ0v) is 16.7. The molecule has 1 fully saturated rings. The lowest BCUT2D eigenvalue weighted by molar-refractivity contribution is 0.0531. The number of aliphatic hydroxyl groups is 1. The molecule has 1 unspecified atom stereocenters. The maximum atomic E-state index is 13.2. The van der Waals surface area contributed by atoms with Gasteiger partial charge in [0, 0.05) is 25.7 Å². The van der Waals surface area contributed by atoms with Crippen LogP contribution in [0.15, 0.2) is 56.6 Å². The lowest BCUT2D eigenvalue weighted by Crippen LogP contribution is -2.34. The first-order chi connectivity index (χ1) is 13.3. The van der Waals surface area contributed by atoms with Gasteiger partial charge in [-0.3, -0.25) is 4.57 Å². The van der Waals surface area contributed by atoms with Gasteiger partial charge in [0.05, 0.1) is 10.5 Å². The second kappa shape index (κ2) is 6.73.